The maximum absolute atomic E-state index is 11.7. The van der Waals surface area contributed by atoms with Gasteiger partial charge in [-0.2, -0.15) is 0 Å². The number of hydrogen-bond donors (Lipinski definition) is 1. The Morgan fingerprint density at radius 2 is 2.24 bits per heavy atom. The number of carboxylic acids is 1. The average molecular weight is 342 g/mol. The lowest BCUT2D eigenvalue weighted by atomic mass is 9.84. The number of ether oxygens (including phenoxy) is 2. The molecule has 2 saturated carbocycles. The molecule has 1 saturated heterocycles. The van der Waals surface area contributed by atoms with E-state index >= 15 is 0 Å². The van der Waals surface area contributed by atoms with E-state index in [4.69, 9.17) is 14.5 Å². The molecule has 2 unspecified atom stereocenters. The number of aromatic carboxylic acids is 1. The Hall–Kier alpha value is -2.08. The number of hydrogen-bond acceptors (Lipinski definition) is 4. The summed E-state index contributed by atoms with van der Waals surface area (Å²) in [7, 11) is 0. The van der Waals surface area contributed by atoms with Crippen LogP contribution < -0.4 is 4.74 Å². The minimum atomic E-state index is -0.970. The Morgan fingerprint density at radius 1 is 1.40 bits per heavy atom. The average Bonchev–Trinajstić information content (AvgIpc) is 3.19. The lowest BCUT2D eigenvalue weighted by Crippen LogP contribution is -2.26. The second-order valence-electron chi connectivity index (χ2n) is 8.11. The van der Waals surface area contributed by atoms with Crippen LogP contribution in [-0.4, -0.2) is 38.8 Å². The van der Waals surface area contributed by atoms with Gasteiger partial charge in [0.15, 0.2) is 0 Å². The van der Waals surface area contributed by atoms with Gasteiger partial charge in [0.1, 0.15) is 17.0 Å². The predicted molar refractivity (Wildman–Crippen MR) is 90.3 cm³/mol. The molecule has 3 fully saturated rings. The van der Waals surface area contributed by atoms with Gasteiger partial charge in [-0.25, -0.2) is 9.78 Å². The zero-order chi connectivity index (χ0) is 17.2. The fraction of sp³-hybridized carbons (Fsp3) is 0.579. The van der Waals surface area contributed by atoms with Crippen molar-refractivity contribution in [3.63, 3.8) is 0 Å². The summed E-state index contributed by atoms with van der Waals surface area (Å²) in [5, 5.41) is 9.55. The number of carbonyl (C=O) groups is 1. The van der Waals surface area contributed by atoms with Crippen LogP contribution in [0.15, 0.2) is 18.5 Å². The van der Waals surface area contributed by atoms with E-state index in [-0.39, 0.29) is 22.7 Å². The highest BCUT2D eigenvalue weighted by atomic mass is 16.5. The molecule has 2 bridgehead atoms. The molecule has 25 heavy (non-hydrogen) atoms. The number of rotatable bonds is 4. The first kappa shape index (κ1) is 15.2. The molecule has 132 valence electrons. The smallest absolute Gasteiger partial charge is 0.341 e. The summed E-state index contributed by atoms with van der Waals surface area (Å²) in [6, 6.07) is 1.77. The van der Waals surface area contributed by atoms with Gasteiger partial charge >= 0.3 is 5.97 Å². The molecule has 1 N–H and O–H groups in total. The highest BCUT2D eigenvalue weighted by Gasteiger charge is 2.55. The van der Waals surface area contributed by atoms with Crippen LogP contribution in [0.5, 0.6) is 5.75 Å². The summed E-state index contributed by atoms with van der Waals surface area (Å²) in [6.07, 6.45) is 9.96. The van der Waals surface area contributed by atoms with Gasteiger partial charge in [0.25, 0.3) is 0 Å². The molecule has 5 rings (SSSR count). The van der Waals surface area contributed by atoms with Crippen LogP contribution in [0.25, 0.3) is 5.65 Å². The van der Waals surface area contributed by atoms with Crippen molar-refractivity contribution in [2.45, 2.75) is 62.6 Å². The molecule has 6 nitrogen and oxygen atoms in total. The van der Waals surface area contributed by atoms with E-state index in [1.54, 1.807) is 12.3 Å². The highest BCUT2D eigenvalue weighted by Crippen LogP contribution is 2.53. The molecule has 1 aliphatic heterocycles. The van der Waals surface area contributed by atoms with Gasteiger partial charge in [-0.1, -0.05) is 0 Å². The van der Waals surface area contributed by atoms with E-state index in [1.165, 1.54) is 0 Å². The summed E-state index contributed by atoms with van der Waals surface area (Å²) < 4.78 is 13.7. The fourth-order valence-corrected chi connectivity index (χ4v) is 4.45. The molecule has 3 aliphatic rings. The van der Waals surface area contributed by atoms with Gasteiger partial charge in [-0.15, -0.1) is 0 Å². The fourth-order valence-electron chi connectivity index (χ4n) is 4.45. The molecule has 2 aromatic rings. The summed E-state index contributed by atoms with van der Waals surface area (Å²) in [5.41, 5.74) is 1.88. The third-order valence-electron chi connectivity index (χ3n) is 6.22. The molecule has 6 heteroatoms. The standard InChI is InChI=1S/C19H22N2O4/c1-18-5-6-19(10-18,11-24-18)15-9-21-8-13(17(22)23)14(7-16(21)20-15)25-12-3-2-4-12/h7-9,12H,2-6,10-11H2,1H3,(H,22,23). The van der Waals surface area contributed by atoms with Crippen LogP contribution in [0.3, 0.4) is 0 Å². The van der Waals surface area contributed by atoms with Crippen LogP contribution in [0.1, 0.15) is 61.5 Å². The van der Waals surface area contributed by atoms with E-state index in [9.17, 15) is 9.90 Å². The van der Waals surface area contributed by atoms with Crippen LogP contribution >= 0.6 is 0 Å². The van der Waals surface area contributed by atoms with Crippen molar-refractivity contribution in [2.24, 2.45) is 0 Å². The normalized spacial score (nSPS) is 31.4. The third-order valence-corrected chi connectivity index (χ3v) is 6.22. The summed E-state index contributed by atoms with van der Waals surface area (Å²) in [4.78, 5) is 16.5. The quantitative estimate of drug-likeness (QED) is 0.924. The molecule has 2 aliphatic carbocycles. The minimum absolute atomic E-state index is 0.0273. The Kier molecular flexibility index (Phi) is 3.02. The third kappa shape index (κ3) is 2.27. The maximum Gasteiger partial charge on any atom is 0.341 e. The van der Waals surface area contributed by atoms with Crippen molar-refractivity contribution in [1.29, 1.82) is 0 Å². The molecule has 2 aromatic heterocycles. The zero-order valence-corrected chi connectivity index (χ0v) is 14.3. The molecule has 0 aromatic carbocycles. The summed E-state index contributed by atoms with van der Waals surface area (Å²) >= 11 is 0. The summed E-state index contributed by atoms with van der Waals surface area (Å²) in [6.45, 7) is 2.87. The first-order chi connectivity index (χ1) is 12.0. The Labute approximate surface area is 145 Å². The Bertz CT molecular complexity index is 860. The zero-order valence-electron chi connectivity index (χ0n) is 14.3. The topological polar surface area (TPSA) is 73.1 Å². The monoisotopic (exact) mass is 342 g/mol. The Balaban J connectivity index is 1.56. The van der Waals surface area contributed by atoms with Gasteiger partial charge in [0.2, 0.25) is 0 Å². The number of pyridine rings is 1. The lowest BCUT2D eigenvalue weighted by molar-refractivity contribution is -0.00627. The van der Waals surface area contributed by atoms with Crippen LogP contribution in [0.4, 0.5) is 0 Å². The van der Waals surface area contributed by atoms with E-state index < -0.39 is 5.97 Å². The largest absolute Gasteiger partial charge is 0.489 e. The predicted octanol–water partition coefficient (Wildman–Crippen LogP) is 3.17. The van der Waals surface area contributed by atoms with Crippen LogP contribution in [0.2, 0.25) is 0 Å². The van der Waals surface area contributed by atoms with Gasteiger partial charge in [0, 0.05) is 23.9 Å². The van der Waals surface area contributed by atoms with E-state index in [0.29, 0.717) is 12.4 Å². The molecular formula is C19H22N2O4. The first-order valence-corrected chi connectivity index (χ1v) is 9.04. The number of imidazole rings is 1. The van der Waals surface area contributed by atoms with Gasteiger partial charge in [0.05, 0.1) is 24.0 Å². The van der Waals surface area contributed by atoms with Crippen molar-refractivity contribution >= 4 is 11.6 Å². The van der Waals surface area contributed by atoms with E-state index in [2.05, 4.69) is 6.92 Å². The molecule has 2 atom stereocenters. The molecular weight excluding hydrogens is 320 g/mol. The summed E-state index contributed by atoms with van der Waals surface area (Å²) in [5.74, 6) is -0.541. The molecule has 3 heterocycles. The van der Waals surface area contributed by atoms with Gasteiger partial charge in [-0.3, -0.25) is 0 Å². The Morgan fingerprint density at radius 3 is 2.80 bits per heavy atom. The SMILES string of the molecule is CC12CCC(c3cn4cc(C(=O)O)c(OC5CCC5)cc4n3)(CO1)C2. The van der Waals surface area contributed by atoms with E-state index in [1.807, 2.05) is 10.6 Å². The minimum Gasteiger partial charge on any atom is -0.489 e. The van der Waals surface area contributed by atoms with Crippen molar-refractivity contribution in [1.82, 2.24) is 9.38 Å². The van der Waals surface area contributed by atoms with Crippen molar-refractivity contribution < 1.29 is 19.4 Å². The second kappa shape index (κ2) is 4.97. The molecule has 0 spiro atoms. The maximum atomic E-state index is 11.7. The van der Waals surface area contributed by atoms with Crippen LogP contribution in [0, 0.1) is 0 Å². The number of carboxylic acid groups (broad SMARTS) is 1. The second-order valence-corrected chi connectivity index (χ2v) is 8.11. The molecule has 0 radical (unpaired) electrons. The number of nitrogens with zero attached hydrogens (tertiary/aromatic N) is 2. The van der Waals surface area contributed by atoms with Crippen molar-refractivity contribution in [3.8, 4) is 5.75 Å². The van der Waals surface area contributed by atoms with Crippen LogP contribution in [-0.2, 0) is 10.2 Å². The lowest BCUT2D eigenvalue weighted by Gasteiger charge is -2.27. The highest BCUT2D eigenvalue weighted by molar-refractivity contribution is 5.91. The van der Waals surface area contributed by atoms with Gasteiger partial charge in [-0.05, 0) is 45.4 Å². The van der Waals surface area contributed by atoms with E-state index in [0.717, 1.165) is 49.9 Å². The molecule has 0 amide bonds. The van der Waals surface area contributed by atoms with Crippen molar-refractivity contribution in [3.05, 3.63) is 29.7 Å². The van der Waals surface area contributed by atoms with Gasteiger partial charge < -0.3 is 19.0 Å². The van der Waals surface area contributed by atoms with Crippen molar-refractivity contribution in [2.75, 3.05) is 6.61 Å². The number of fused-ring (bicyclic) bond motifs is 3. The first-order valence-electron chi connectivity index (χ1n) is 9.04. The number of aromatic nitrogens is 2.